The van der Waals surface area contributed by atoms with Gasteiger partial charge in [0.15, 0.2) is 0 Å². The number of aryl methyl sites for hydroxylation is 1. The lowest BCUT2D eigenvalue weighted by atomic mass is 9.97. The number of rotatable bonds is 7. The summed E-state index contributed by atoms with van der Waals surface area (Å²) < 4.78 is 0. The molecule has 1 aromatic carbocycles. The third kappa shape index (κ3) is 4.88. The molecule has 0 bridgehead atoms. The molecule has 0 aliphatic carbocycles. The first kappa shape index (κ1) is 17.1. The highest BCUT2D eigenvalue weighted by atomic mass is 15.1. The first-order chi connectivity index (χ1) is 10.6. The molecule has 0 radical (unpaired) electrons. The minimum absolute atomic E-state index is 0.813. The van der Waals surface area contributed by atoms with Crippen LogP contribution >= 0.6 is 0 Å². The predicted molar refractivity (Wildman–Crippen MR) is 98.6 cm³/mol. The molecular formula is C20H32N2. The van der Waals surface area contributed by atoms with E-state index < -0.39 is 0 Å². The largest absolute Gasteiger partial charge is 0.374 e. The van der Waals surface area contributed by atoms with Gasteiger partial charge in [-0.3, -0.25) is 0 Å². The van der Waals surface area contributed by atoms with Crippen LogP contribution in [0.3, 0.4) is 0 Å². The van der Waals surface area contributed by atoms with Crippen LogP contribution < -0.4 is 10.2 Å². The minimum Gasteiger partial charge on any atom is -0.374 e. The summed E-state index contributed by atoms with van der Waals surface area (Å²) in [6, 6.07) is 6.94. The molecule has 0 atom stereocenters. The molecule has 0 amide bonds. The zero-order chi connectivity index (χ0) is 15.9. The maximum atomic E-state index is 3.53. The third-order valence-corrected chi connectivity index (χ3v) is 4.57. The highest BCUT2D eigenvalue weighted by Gasteiger charge is 2.13. The topological polar surface area (TPSA) is 15.3 Å². The number of fused-ring (bicyclic) bond motifs is 1. The highest BCUT2D eigenvalue weighted by Crippen LogP contribution is 2.28. The second kappa shape index (κ2) is 8.38. The molecule has 0 aromatic heterocycles. The maximum absolute atomic E-state index is 3.53. The van der Waals surface area contributed by atoms with Crippen LogP contribution in [0.5, 0.6) is 0 Å². The number of nitrogens with zero attached hydrogens (tertiary/aromatic N) is 1. The Morgan fingerprint density at radius 1 is 1.36 bits per heavy atom. The summed E-state index contributed by atoms with van der Waals surface area (Å²) in [6.07, 6.45) is 7.40. The van der Waals surface area contributed by atoms with Gasteiger partial charge in [0.2, 0.25) is 0 Å². The van der Waals surface area contributed by atoms with Gasteiger partial charge in [-0.05, 0) is 73.9 Å². The Bertz CT molecular complexity index is 502. The quantitative estimate of drug-likeness (QED) is 0.746. The number of hydrogen-bond acceptors (Lipinski definition) is 2. The van der Waals surface area contributed by atoms with Gasteiger partial charge in [-0.2, -0.15) is 0 Å². The third-order valence-electron chi connectivity index (χ3n) is 4.57. The summed E-state index contributed by atoms with van der Waals surface area (Å²) in [6.45, 7) is 10.1. The Kier molecular flexibility index (Phi) is 6.50. The Morgan fingerprint density at radius 2 is 2.18 bits per heavy atom. The summed E-state index contributed by atoms with van der Waals surface area (Å²) >= 11 is 0. The predicted octanol–water partition coefficient (Wildman–Crippen LogP) is 4.50. The zero-order valence-corrected chi connectivity index (χ0v) is 14.8. The van der Waals surface area contributed by atoms with Gasteiger partial charge in [0.1, 0.15) is 0 Å². The van der Waals surface area contributed by atoms with E-state index in [1.807, 2.05) is 0 Å². The van der Waals surface area contributed by atoms with Crippen molar-refractivity contribution in [2.45, 2.75) is 46.5 Å². The SMILES string of the molecule is C/C(=C\CNCCCC(C)C)c1ccc2c(c1)CCCN2C. The van der Waals surface area contributed by atoms with E-state index >= 15 is 0 Å². The molecule has 1 heterocycles. The Hall–Kier alpha value is -1.28. The van der Waals surface area contributed by atoms with E-state index in [1.54, 1.807) is 0 Å². The lowest BCUT2D eigenvalue weighted by Gasteiger charge is -2.28. The molecule has 1 aliphatic rings. The molecule has 22 heavy (non-hydrogen) atoms. The molecule has 0 saturated carbocycles. The van der Waals surface area contributed by atoms with Crippen molar-refractivity contribution in [2.75, 3.05) is 31.6 Å². The van der Waals surface area contributed by atoms with Crippen LogP contribution in [0.1, 0.15) is 51.2 Å². The van der Waals surface area contributed by atoms with E-state index in [2.05, 4.69) is 62.3 Å². The summed E-state index contributed by atoms with van der Waals surface area (Å²) in [5.74, 6) is 0.813. The monoisotopic (exact) mass is 300 g/mol. The molecule has 2 rings (SSSR count). The lowest BCUT2D eigenvalue weighted by Crippen LogP contribution is -2.24. The number of nitrogens with one attached hydrogen (secondary N) is 1. The fraction of sp³-hybridized carbons (Fsp3) is 0.600. The van der Waals surface area contributed by atoms with Gasteiger partial charge in [0.25, 0.3) is 0 Å². The van der Waals surface area contributed by atoms with Gasteiger partial charge < -0.3 is 10.2 Å². The van der Waals surface area contributed by atoms with Gasteiger partial charge >= 0.3 is 0 Å². The van der Waals surface area contributed by atoms with Crippen molar-refractivity contribution in [1.82, 2.24) is 5.32 Å². The molecular weight excluding hydrogens is 268 g/mol. The molecule has 0 unspecified atom stereocenters. The summed E-state index contributed by atoms with van der Waals surface area (Å²) in [7, 11) is 2.20. The van der Waals surface area contributed by atoms with Crippen molar-refractivity contribution in [2.24, 2.45) is 5.92 Å². The van der Waals surface area contributed by atoms with Crippen molar-refractivity contribution >= 4 is 11.3 Å². The normalized spacial score (nSPS) is 15.3. The van der Waals surface area contributed by atoms with Crippen LogP contribution in [-0.2, 0) is 6.42 Å². The van der Waals surface area contributed by atoms with E-state index in [1.165, 1.54) is 54.6 Å². The van der Waals surface area contributed by atoms with Crippen LogP contribution in [0.15, 0.2) is 24.3 Å². The van der Waals surface area contributed by atoms with E-state index in [9.17, 15) is 0 Å². The summed E-state index contributed by atoms with van der Waals surface area (Å²) in [5, 5.41) is 3.53. The molecule has 2 nitrogen and oxygen atoms in total. The Labute approximate surface area is 136 Å². The van der Waals surface area contributed by atoms with Crippen LogP contribution in [0.2, 0.25) is 0 Å². The zero-order valence-electron chi connectivity index (χ0n) is 14.8. The van der Waals surface area contributed by atoms with Gasteiger partial charge in [0.05, 0.1) is 0 Å². The number of benzene rings is 1. The van der Waals surface area contributed by atoms with E-state index in [4.69, 9.17) is 0 Å². The average Bonchev–Trinajstić information content (AvgIpc) is 2.50. The van der Waals surface area contributed by atoms with Crippen LogP contribution in [0.25, 0.3) is 5.57 Å². The van der Waals surface area contributed by atoms with Gasteiger partial charge in [-0.15, -0.1) is 0 Å². The number of hydrogen-bond donors (Lipinski definition) is 1. The molecule has 2 heteroatoms. The standard InChI is InChI=1S/C20H32N2/c1-16(2)7-5-12-21-13-11-17(3)18-9-10-20-19(15-18)8-6-14-22(20)4/h9-11,15-16,21H,5-8,12-14H2,1-4H3/b17-11+. The van der Waals surface area contributed by atoms with Gasteiger partial charge in [-0.25, -0.2) is 0 Å². The smallest absolute Gasteiger partial charge is 0.0396 e. The van der Waals surface area contributed by atoms with Crippen molar-refractivity contribution in [1.29, 1.82) is 0 Å². The molecule has 1 aliphatic heterocycles. The molecule has 1 aromatic rings. The summed E-state index contributed by atoms with van der Waals surface area (Å²) in [4.78, 5) is 2.37. The van der Waals surface area contributed by atoms with E-state index in [-0.39, 0.29) is 0 Å². The van der Waals surface area contributed by atoms with Crippen molar-refractivity contribution in [3.8, 4) is 0 Å². The highest BCUT2D eigenvalue weighted by molar-refractivity contribution is 5.68. The first-order valence-corrected chi connectivity index (χ1v) is 8.80. The molecule has 0 spiro atoms. The second-order valence-electron chi connectivity index (χ2n) is 7.00. The van der Waals surface area contributed by atoms with Crippen LogP contribution in [0.4, 0.5) is 5.69 Å². The van der Waals surface area contributed by atoms with E-state index in [0.29, 0.717) is 0 Å². The van der Waals surface area contributed by atoms with Crippen LogP contribution in [0, 0.1) is 5.92 Å². The lowest BCUT2D eigenvalue weighted by molar-refractivity contribution is 0.537. The first-order valence-electron chi connectivity index (χ1n) is 8.80. The Morgan fingerprint density at radius 3 is 2.95 bits per heavy atom. The molecule has 0 fully saturated rings. The molecule has 0 saturated heterocycles. The average molecular weight is 300 g/mol. The fourth-order valence-corrected chi connectivity index (χ4v) is 3.11. The summed E-state index contributed by atoms with van der Waals surface area (Å²) in [5.41, 5.74) is 5.67. The minimum atomic E-state index is 0.813. The van der Waals surface area contributed by atoms with Crippen molar-refractivity contribution < 1.29 is 0 Å². The molecule has 1 N–H and O–H groups in total. The number of anilines is 1. The Balaban J connectivity index is 1.87. The van der Waals surface area contributed by atoms with Crippen LogP contribution in [-0.4, -0.2) is 26.7 Å². The van der Waals surface area contributed by atoms with Gasteiger partial charge in [-0.1, -0.05) is 26.0 Å². The van der Waals surface area contributed by atoms with Crippen molar-refractivity contribution in [3.63, 3.8) is 0 Å². The number of allylic oxidation sites excluding steroid dienone is 1. The molecule has 122 valence electrons. The maximum Gasteiger partial charge on any atom is 0.0396 e. The second-order valence-corrected chi connectivity index (χ2v) is 7.00. The fourth-order valence-electron chi connectivity index (χ4n) is 3.11. The van der Waals surface area contributed by atoms with Gasteiger partial charge in [0, 0.05) is 25.8 Å². The van der Waals surface area contributed by atoms with Crippen molar-refractivity contribution in [3.05, 3.63) is 35.4 Å². The van der Waals surface area contributed by atoms with E-state index in [0.717, 1.165) is 19.0 Å².